The van der Waals surface area contributed by atoms with Crippen LogP contribution in [0, 0.1) is 0 Å². The molecule has 0 atom stereocenters. The first-order valence-corrected chi connectivity index (χ1v) is 7.89. The molecule has 0 aromatic carbocycles. The summed E-state index contributed by atoms with van der Waals surface area (Å²) in [4.78, 5) is 0. The summed E-state index contributed by atoms with van der Waals surface area (Å²) in [6, 6.07) is 0. The molecule has 0 aliphatic rings. The van der Waals surface area contributed by atoms with E-state index >= 15 is 0 Å². The van der Waals surface area contributed by atoms with E-state index in [9.17, 15) is 6.80 Å². The van der Waals surface area contributed by atoms with Gasteiger partial charge in [0.15, 0.2) is 0 Å². The minimum atomic E-state index is -4.35. The maximum absolute atomic E-state index is 9.37. The summed E-state index contributed by atoms with van der Waals surface area (Å²) in [5, 5.41) is 0. The van der Waals surface area contributed by atoms with Crippen LogP contribution in [0.1, 0.15) is 0 Å². The van der Waals surface area contributed by atoms with Gasteiger partial charge in [-0.2, -0.15) is 0 Å². The van der Waals surface area contributed by atoms with E-state index in [1.54, 1.807) is 0 Å². The molecule has 30 valence electrons. The van der Waals surface area contributed by atoms with Crippen LogP contribution < -0.4 is 0 Å². The molecule has 5 heavy (non-hydrogen) atoms. The van der Waals surface area contributed by atoms with Crippen LogP contribution in [-0.4, -0.2) is 0 Å². The Kier molecular flexibility index (Phi) is 1.66. The molecule has 0 heterocycles. The van der Waals surface area contributed by atoms with E-state index in [1.807, 2.05) is 0 Å². The summed E-state index contributed by atoms with van der Waals surface area (Å²) in [5.74, 6) is 0. The quantitative estimate of drug-likeness (QED) is 0.537. The second-order valence-corrected chi connectivity index (χ2v) is 8.86. The molecule has 0 aromatic rings. The molecule has 0 radical (unpaired) electrons. The third kappa shape index (κ3) is 66.4. The SMILES string of the molecule is [O]=[Mo](=[O])(=[S])=[S]. The summed E-state index contributed by atoms with van der Waals surface area (Å²) in [6.07, 6.45) is 0. The van der Waals surface area contributed by atoms with Gasteiger partial charge in [-0.15, -0.1) is 0 Å². The third-order valence-corrected chi connectivity index (χ3v) is 0. The Hall–Kier alpha value is 0.728. The summed E-state index contributed by atoms with van der Waals surface area (Å²) >= 11 is -4.35. The first kappa shape index (κ1) is 5.73. The predicted octanol–water partition coefficient (Wildman–Crippen LogP) is 1.06. The van der Waals surface area contributed by atoms with Gasteiger partial charge in [0, 0.05) is 0 Å². The normalized spacial score (nSPS) is 8.00. The Labute approximate surface area is 38.9 Å². The van der Waals surface area contributed by atoms with Crippen molar-refractivity contribution >= 4 is 19.6 Å². The van der Waals surface area contributed by atoms with Gasteiger partial charge in [-0.25, -0.2) is 0 Å². The van der Waals surface area contributed by atoms with Crippen LogP contribution in [0.25, 0.3) is 0 Å². The molecule has 0 aliphatic carbocycles. The van der Waals surface area contributed by atoms with Crippen molar-refractivity contribution in [1.29, 1.82) is 0 Å². The van der Waals surface area contributed by atoms with Gasteiger partial charge in [-0.1, -0.05) is 0 Å². The van der Waals surface area contributed by atoms with Crippen LogP contribution in [0.5, 0.6) is 0 Å². The molecule has 0 aliphatic heterocycles. The van der Waals surface area contributed by atoms with Crippen molar-refractivity contribution in [2.24, 2.45) is 0 Å². The topological polar surface area (TPSA) is 34.1 Å². The van der Waals surface area contributed by atoms with Crippen molar-refractivity contribution in [3.63, 3.8) is 0 Å². The fraction of sp³-hybridized carbons (Fsp3) is 0. The molecular formula is MoO2S2. The number of hydrogen-bond donors (Lipinski definition) is 0. The van der Waals surface area contributed by atoms with Crippen molar-refractivity contribution in [3.8, 4) is 0 Å². The van der Waals surface area contributed by atoms with Gasteiger partial charge in [0.05, 0.1) is 0 Å². The Bertz CT molecular complexity index is 159. The van der Waals surface area contributed by atoms with Gasteiger partial charge >= 0.3 is 38.8 Å². The van der Waals surface area contributed by atoms with Crippen LogP contribution in [0.4, 0.5) is 0 Å². The first-order valence-electron chi connectivity index (χ1n) is 0.667. The summed E-state index contributed by atoms with van der Waals surface area (Å²) in [6.45, 7) is 0. The van der Waals surface area contributed by atoms with Crippen LogP contribution in [0.3, 0.4) is 0 Å². The Morgan fingerprint density at radius 1 is 1.20 bits per heavy atom. The monoisotopic (exact) mass is 194 g/mol. The van der Waals surface area contributed by atoms with Crippen molar-refractivity contribution in [2.75, 3.05) is 0 Å². The zero-order chi connectivity index (χ0) is 4.50. The molecule has 0 bridgehead atoms. The molecule has 2 nitrogen and oxygen atoms in total. The van der Waals surface area contributed by atoms with E-state index in [-0.39, 0.29) is 0 Å². The third-order valence-electron chi connectivity index (χ3n) is 0. The Morgan fingerprint density at radius 3 is 1.20 bits per heavy atom. The summed E-state index contributed by atoms with van der Waals surface area (Å²) in [5.41, 5.74) is 0. The van der Waals surface area contributed by atoms with Gasteiger partial charge < -0.3 is 0 Å². The van der Waals surface area contributed by atoms with Crippen molar-refractivity contribution in [1.82, 2.24) is 0 Å². The van der Waals surface area contributed by atoms with E-state index in [0.717, 1.165) is 0 Å². The average Bonchev–Trinajstić information content (AvgIpc) is 0.722. The van der Waals surface area contributed by atoms with E-state index in [1.165, 1.54) is 0 Å². The Morgan fingerprint density at radius 2 is 1.20 bits per heavy atom. The molecular weight excluding hydrogens is 192 g/mol. The molecule has 5 heteroatoms. The molecule has 0 amide bonds. The van der Waals surface area contributed by atoms with Crippen LogP contribution in [-0.2, 0) is 19.1 Å². The maximum atomic E-state index is 9.37. The van der Waals surface area contributed by atoms with Crippen molar-refractivity contribution in [2.45, 2.75) is 0 Å². The van der Waals surface area contributed by atoms with Gasteiger partial charge in [0.1, 0.15) is 0 Å². The Balaban J connectivity index is 6.05. The van der Waals surface area contributed by atoms with E-state index in [0.29, 0.717) is 0 Å². The fourth-order valence-corrected chi connectivity index (χ4v) is 0. The van der Waals surface area contributed by atoms with Gasteiger partial charge in [0.25, 0.3) is 0 Å². The van der Waals surface area contributed by atoms with E-state index in [4.69, 9.17) is 0 Å². The molecule has 0 fully saturated rings. The van der Waals surface area contributed by atoms with Crippen LogP contribution in [0.2, 0.25) is 0 Å². The number of rotatable bonds is 0. The molecule has 0 aromatic heterocycles. The predicted molar refractivity (Wildman–Crippen MR) is 16.6 cm³/mol. The molecule has 0 unspecified atom stereocenters. The first-order chi connectivity index (χ1) is 2.00. The van der Waals surface area contributed by atoms with Gasteiger partial charge in [-0.05, 0) is 0 Å². The van der Waals surface area contributed by atoms with Crippen LogP contribution >= 0.6 is 19.6 Å². The molecule has 0 spiro atoms. The zero-order valence-electron chi connectivity index (χ0n) is 2.04. The van der Waals surface area contributed by atoms with E-state index in [2.05, 4.69) is 19.6 Å². The van der Waals surface area contributed by atoms with Crippen LogP contribution in [0.15, 0.2) is 0 Å². The minimum absolute atomic E-state index is 3.72. The summed E-state index contributed by atoms with van der Waals surface area (Å²) < 4.78 is 18.7. The molecule has 0 saturated heterocycles. The van der Waals surface area contributed by atoms with Gasteiger partial charge in [0.2, 0.25) is 0 Å². The van der Waals surface area contributed by atoms with Crippen molar-refractivity contribution < 1.29 is 19.1 Å². The second-order valence-electron chi connectivity index (χ2n) is 0.408. The zero-order valence-corrected chi connectivity index (χ0v) is 5.68. The van der Waals surface area contributed by atoms with E-state index < -0.39 is 12.3 Å². The second kappa shape index (κ2) is 1.45. The number of hydrogen-bond acceptors (Lipinski definition) is 4. The molecule has 0 N–H and O–H groups in total. The average molecular weight is 192 g/mol. The van der Waals surface area contributed by atoms with Crippen molar-refractivity contribution in [3.05, 3.63) is 0 Å². The van der Waals surface area contributed by atoms with Gasteiger partial charge in [-0.3, -0.25) is 0 Å². The molecule has 0 rings (SSSR count). The summed E-state index contributed by atoms with van der Waals surface area (Å²) in [7, 11) is 7.44. The fourth-order valence-electron chi connectivity index (χ4n) is 0. The molecule has 0 saturated carbocycles. The standard InChI is InChI=1S/Mo.2O.2S.